The van der Waals surface area contributed by atoms with Crippen LogP contribution in [0.1, 0.15) is 10.4 Å². The first kappa shape index (κ1) is 7.67. The molecule has 0 aliphatic carbocycles. The summed E-state index contributed by atoms with van der Waals surface area (Å²) in [5.41, 5.74) is 0.624. The van der Waals surface area contributed by atoms with Gasteiger partial charge in [0.2, 0.25) is 0 Å². The molecule has 2 rings (SSSR count). The molecule has 0 radical (unpaired) electrons. The third-order valence-electron chi connectivity index (χ3n) is 1.78. The summed E-state index contributed by atoms with van der Waals surface area (Å²) in [6.45, 7) is 0. The number of carbonyl (C=O) groups excluding carboxylic acids is 1. The van der Waals surface area contributed by atoms with E-state index in [9.17, 15) is 9.59 Å². The zero-order chi connectivity index (χ0) is 9.26. The maximum Gasteiger partial charge on any atom is 0.257 e. The molecule has 0 aliphatic heterocycles. The fourth-order valence-corrected chi connectivity index (χ4v) is 1.18. The van der Waals surface area contributed by atoms with Crippen LogP contribution in [0.2, 0.25) is 0 Å². The SMILES string of the molecule is O=Cc1cccn2c(=O)ccnc12. The van der Waals surface area contributed by atoms with Crippen molar-refractivity contribution in [2.75, 3.05) is 0 Å². The number of nitrogens with zero attached hydrogens (tertiary/aromatic N) is 2. The van der Waals surface area contributed by atoms with E-state index in [0.29, 0.717) is 17.5 Å². The Morgan fingerprint density at radius 1 is 1.38 bits per heavy atom. The summed E-state index contributed by atoms with van der Waals surface area (Å²) >= 11 is 0. The summed E-state index contributed by atoms with van der Waals surface area (Å²) in [6.07, 6.45) is 3.66. The highest BCUT2D eigenvalue weighted by Crippen LogP contribution is 2.01. The van der Waals surface area contributed by atoms with Gasteiger partial charge in [0.15, 0.2) is 6.29 Å². The molecule has 0 aromatic carbocycles. The van der Waals surface area contributed by atoms with Crippen LogP contribution in [-0.4, -0.2) is 15.7 Å². The van der Waals surface area contributed by atoms with Crippen LogP contribution in [0.5, 0.6) is 0 Å². The Labute approximate surface area is 73.5 Å². The topological polar surface area (TPSA) is 51.4 Å². The molecule has 0 unspecified atom stereocenters. The van der Waals surface area contributed by atoms with Crippen molar-refractivity contribution in [3.63, 3.8) is 0 Å². The maximum absolute atomic E-state index is 11.3. The molecular formula is C9H6N2O2. The van der Waals surface area contributed by atoms with Gasteiger partial charge in [0, 0.05) is 18.5 Å². The van der Waals surface area contributed by atoms with Crippen molar-refractivity contribution >= 4 is 11.9 Å². The van der Waals surface area contributed by atoms with Crippen LogP contribution < -0.4 is 5.56 Å². The van der Waals surface area contributed by atoms with Crippen LogP contribution in [-0.2, 0) is 0 Å². The van der Waals surface area contributed by atoms with Crippen LogP contribution in [0.25, 0.3) is 5.65 Å². The highest BCUT2D eigenvalue weighted by Gasteiger charge is 2.00. The number of aromatic nitrogens is 2. The molecule has 0 atom stereocenters. The van der Waals surface area contributed by atoms with E-state index < -0.39 is 0 Å². The van der Waals surface area contributed by atoms with Gasteiger partial charge in [0.1, 0.15) is 5.65 Å². The summed E-state index contributed by atoms with van der Waals surface area (Å²) in [4.78, 5) is 25.8. The Balaban J connectivity index is 3.00. The Morgan fingerprint density at radius 3 is 3.00 bits per heavy atom. The van der Waals surface area contributed by atoms with Crippen LogP contribution in [0.3, 0.4) is 0 Å². The third kappa shape index (κ3) is 1.12. The van der Waals surface area contributed by atoms with E-state index in [1.165, 1.54) is 16.7 Å². The summed E-state index contributed by atoms with van der Waals surface area (Å²) in [6, 6.07) is 4.61. The van der Waals surface area contributed by atoms with Crippen molar-refractivity contribution in [2.45, 2.75) is 0 Å². The molecule has 2 heterocycles. The number of pyridine rings is 1. The zero-order valence-electron chi connectivity index (χ0n) is 6.68. The lowest BCUT2D eigenvalue weighted by Gasteiger charge is -1.99. The minimum atomic E-state index is -0.186. The third-order valence-corrected chi connectivity index (χ3v) is 1.78. The van der Waals surface area contributed by atoms with E-state index in [1.807, 2.05) is 0 Å². The van der Waals surface area contributed by atoms with E-state index in [1.54, 1.807) is 18.3 Å². The predicted octanol–water partition coefficient (Wildman–Crippen LogP) is 0.507. The van der Waals surface area contributed by atoms with Gasteiger partial charge in [0.25, 0.3) is 5.56 Å². The van der Waals surface area contributed by atoms with Gasteiger partial charge in [-0.1, -0.05) is 0 Å². The number of hydrogen-bond donors (Lipinski definition) is 0. The Bertz CT molecular complexity index is 516. The maximum atomic E-state index is 11.3. The molecule has 2 aromatic heterocycles. The zero-order valence-corrected chi connectivity index (χ0v) is 6.68. The fraction of sp³-hybridized carbons (Fsp3) is 0. The van der Waals surface area contributed by atoms with Crippen LogP contribution in [0.4, 0.5) is 0 Å². The second-order valence-corrected chi connectivity index (χ2v) is 2.56. The van der Waals surface area contributed by atoms with Crippen molar-refractivity contribution in [1.82, 2.24) is 9.38 Å². The molecule has 2 aromatic rings. The summed E-state index contributed by atoms with van der Waals surface area (Å²) in [5.74, 6) is 0. The molecule has 0 bridgehead atoms. The summed E-state index contributed by atoms with van der Waals surface area (Å²) in [5, 5.41) is 0. The Hall–Kier alpha value is -1.97. The lowest BCUT2D eigenvalue weighted by atomic mass is 10.3. The highest BCUT2D eigenvalue weighted by molar-refractivity contribution is 5.83. The number of aldehydes is 1. The van der Waals surface area contributed by atoms with E-state index in [0.717, 1.165) is 0 Å². The van der Waals surface area contributed by atoms with Crippen LogP contribution in [0.15, 0.2) is 35.4 Å². The van der Waals surface area contributed by atoms with Gasteiger partial charge < -0.3 is 0 Å². The van der Waals surface area contributed by atoms with Gasteiger partial charge in [-0.2, -0.15) is 0 Å². The molecule has 0 amide bonds. The molecule has 0 aliphatic rings. The van der Waals surface area contributed by atoms with Gasteiger partial charge in [-0.05, 0) is 12.1 Å². The van der Waals surface area contributed by atoms with Crippen molar-refractivity contribution < 1.29 is 4.79 Å². The largest absolute Gasteiger partial charge is 0.298 e. The molecule has 13 heavy (non-hydrogen) atoms. The molecule has 0 saturated carbocycles. The molecule has 0 spiro atoms. The van der Waals surface area contributed by atoms with Crippen molar-refractivity contribution in [2.24, 2.45) is 0 Å². The lowest BCUT2D eigenvalue weighted by Crippen LogP contribution is -2.13. The second kappa shape index (κ2) is 2.82. The van der Waals surface area contributed by atoms with E-state index in [-0.39, 0.29) is 5.56 Å². The fourth-order valence-electron chi connectivity index (χ4n) is 1.18. The molecule has 0 N–H and O–H groups in total. The first-order valence-electron chi connectivity index (χ1n) is 3.74. The molecule has 0 saturated heterocycles. The average Bonchev–Trinajstić information content (AvgIpc) is 2.18. The predicted molar refractivity (Wildman–Crippen MR) is 46.8 cm³/mol. The highest BCUT2D eigenvalue weighted by atomic mass is 16.1. The minimum absolute atomic E-state index is 0.186. The Morgan fingerprint density at radius 2 is 2.23 bits per heavy atom. The number of fused-ring (bicyclic) bond motifs is 1. The standard InChI is InChI=1S/C9H6N2O2/c12-6-7-2-1-5-11-8(13)3-4-10-9(7)11/h1-6H. The van der Waals surface area contributed by atoms with E-state index in [2.05, 4.69) is 4.98 Å². The average molecular weight is 174 g/mol. The van der Waals surface area contributed by atoms with Crippen LogP contribution in [0, 0.1) is 0 Å². The normalized spacial score (nSPS) is 10.2. The number of rotatable bonds is 1. The smallest absolute Gasteiger partial charge is 0.257 e. The molecular weight excluding hydrogens is 168 g/mol. The second-order valence-electron chi connectivity index (χ2n) is 2.56. The van der Waals surface area contributed by atoms with Gasteiger partial charge in [0.05, 0.1) is 5.56 Å². The number of hydrogen-bond acceptors (Lipinski definition) is 3. The van der Waals surface area contributed by atoms with E-state index in [4.69, 9.17) is 0 Å². The molecule has 0 fully saturated rings. The lowest BCUT2D eigenvalue weighted by molar-refractivity contribution is 0.112. The van der Waals surface area contributed by atoms with Crippen molar-refractivity contribution in [1.29, 1.82) is 0 Å². The van der Waals surface area contributed by atoms with Crippen molar-refractivity contribution in [3.8, 4) is 0 Å². The van der Waals surface area contributed by atoms with Gasteiger partial charge in [-0.3, -0.25) is 14.0 Å². The molecule has 64 valence electrons. The van der Waals surface area contributed by atoms with E-state index >= 15 is 0 Å². The first-order valence-corrected chi connectivity index (χ1v) is 3.74. The van der Waals surface area contributed by atoms with Crippen LogP contribution >= 0.6 is 0 Å². The minimum Gasteiger partial charge on any atom is -0.298 e. The van der Waals surface area contributed by atoms with Gasteiger partial charge in [-0.25, -0.2) is 4.98 Å². The summed E-state index contributed by atoms with van der Waals surface area (Å²) in [7, 11) is 0. The molecule has 4 nitrogen and oxygen atoms in total. The monoisotopic (exact) mass is 174 g/mol. The number of carbonyl (C=O) groups is 1. The summed E-state index contributed by atoms with van der Waals surface area (Å²) < 4.78 is 1.34. The van der Waals surface area contributed by atoms with Gasteiger partial charge in [-0.15, -0.1) is 0 Å². The first-order chi connectivity index (χ1) is 6.33. The van der Waals surface area contributed by atoms with Gasteiger partial charge >= 0.3 is 0 Å². The molecule has 4 heteroatoms. The quantitative estimate of drug-likeness (QED) is 0.592. The Kier molecular flexibility index (Phi) is 1.66. The van der Waals surface area contributed by atoms with Crippen molar-refractivity contribution in [3.05, 3.63) is 46.5 Å².